The number of hydrogen-bond donors (Lipinski definition) is 1. The molecule has 0 spiro atoms. The van der Waals surface area contributed by atoms with Crippen molar-refractivity contribution in [1.82, 2.24) is 0 Å². The number of carbonyl (C=O) groups excluding carboxylic acids is 1. The summed E-state index contributed by atoms with van der Waals surface area (Å²) in [4.78, 5) is 13.4. The standard InChI is InChI=1S/C17H18ClNOS/c1-3-16(21-15-10-6-13(18)7-11-15)17(20)19-14-8-4-12(2)5-9-14/h4-11,16H,3H2,1-2H3,(H,19,20)/t16-/m0/s1. The summed E-state index contributed by atoms with van der Waals surface area (Å²) < 4.78 is 0. The number of anilines is 1. The van der Waals surface area contributed by atoms with Gasteiger partial charge in [0, 0.05) is 15.6 Å². The number of halogens is 1. The first-order valence-electron chi connectivity index (χ1n) is 6.88. The molecule has 1 amide bonds. The van der Waals surface area contributed by atoms with E-state index in [-0.39, 0.29) is 11.2 Å². The minimum atomic E-state index is -0.118. The highest BCUT2D eigenvalue weighted by molar-refractivity contribution is 8.00. The van der Waals surface area contributed by atoms with Crippen LogP contribution in [0, 0.1) is 6.92 Å². The predicted octanol–water partition coefficient (Wildman–Crippen LogP) is 5.16. The Labute approximate surface area is 134 Å². The molecule has 0 aliphatic heterocycles. The van der Waals surface area contributed by atoms with E-state index in [1.54, 1.807) is 11.8 Å². The normalized spacial score (nSPS) is 12.0. The van der Waals surface area contributed by atoms with Gasteiger partial charge in [-0.15, -0.1) is 11.8 Å². The van der Waals surface area contributed by atoms with Gasteiger partial charge in [-0.05, 0) is 49.7 Å². The quantitative estimate of drug-likeness (QED) is 0.771. The van der Waals surface area contributed by atoms with Crippen LogP contribution < -0.4 is 5.32 Å². The molecule has 2 nitrogen and oxygen atoms in total. The molecule has 4 heteroatoms. The third kappa shape index (κ3) is 4.80. The molecule has 1 atom stereocenters. The highest BCUT2D eigenvalue weighted by Crippen LogP contribution is 2.27. The Morgan fingerprint density at radius 2 is 1.76 bits per heavy atom. The Kier molecular flexibility index (Phi) is 5.71. The van der Waals surface area contributed by atoms with Crippen LogP contribution in [0.5, 0.6) is 0 Å². The molecule has 0 bridgehead atoms. The van der Waals surface area contributed by atoms with Gasteiger partial charge in [0.1, 0.15) is 0 Å². The van der Waals surface area contributed by atoms with Crippen molar-refractivity contribution in [3.8, 4) is 0 Å². The van der Waals surface area contributed by atoms with Gasteiger partial charge in [0.25, 0.3) is 0 Å². The molecule has 0 heterocycles. The van der Waals surface area contributed by atoms with Crippen LogP contribution >= 0.6 is 23.4 Å². The molecule has 2 rings (SSSR count). The molecular formula is C17H18ClNOS. The van der Waals surface area contributed by atoms with E-state index in [1.807, 2.05) is 62.4 Å². The number of hydrogen-bond acceptors (Lipinski definition) is 2. The molecule has 0 saturated heterocycles. The zero-order valence-corrected chi connectivity index (χ0v) is 13.7. The first kappa shape index (κ1) is 15.9. The molecule has 21 heavy (non-hydrogen) atoms. The number of benzene rings is 2. The summed E-state index contributed by atoms with van der Waals surface area (Å²) in [6.45, 7) is 4.04. The Bertz CT molecular complexity index is 595. The molecule has 0 aliphatic rings. The molecular weight excluding hydrogens is 302 g/mol. The molecule has 110 valence electrons. The van der Waals surface area contributed by atoms with Gasteiger partial charge in [-0.3, -0.25) is 4.79 Å². The van der Waals surface area contributed by atoms with E-state index in [1.165, 1.54) is 5.56 Å². The Hall–Kier alpha value is -1.45. The van der Waals surface area contributed by atoms with E-state index in [0.29, 0.717) is 5.02 Å². The fourth-order valence-electron chi connectivity index (χ4n) is 1.86. The number of nitrogens with one attached hydrogen (secondary N) is 1. The molecule has 0 aromatic heterocycles. The largest absolute Gasteiger partial charge is 0.325 e. The molecule has 0 unspecified atom stereocenters. The van der Waals surface area contributed by atoms with Crippen LogP contribution in [0.2, 0.25) is 5.02 Å². The molecule has 0 radical (unpaired) electrons. The van der Waals surface area contributed by atoms with E-state index >= 15 is 0 Å². The fourth-order valence-corrected chi connectivity index (χ4v) is 2.94. The summed E-state index contributed by atoms with van der Waals surface area (Å²) in [5, 5.41) is 3.55. The maximum absolute atomic E-state index is 12.3. The van der Waals surface area contributed by atoms with Crippen LogP contribution in [-0.2, 0) is 4.79 Å². The summed E-state index contributed by atoms with van der Waals surface area (Å²) in [5.41, 5.74) is 2.01. The lowest BCUT2D eigenvalue weighted by atomic mass is 10.2. The number of amides is 1. The predicted molar refractivity (Wildman–Crippen MR) is 91.2 cm³/mol. The van der Waals surface area contributed by atoms with Crippen molar-refractivity contribution in [1.29, 1.82) is 0 Å². The lowest BCUT2D eigenvalue weighted by molar-refractivity contribution is -0.115. The Morgan fingerprint density at radius 3 is 2.33 bits per heavy atom. The van der Waals surface area contributed by atoms with Crippen LogP contribution in [-0.4, -0.2) is 11.2 Å². The van der Waals surface area contributed by atoms with Gasteiger partial charge in [0.15, 0.2) is 0 Å². The third-order valence-electron chi connectivity index (χ3n) is 3.07. The van der Waals surface area contributed by atoms with Crippen molar-refractivity contribution in [2.45, 2.75) is 30.4 Å². The second-order valence-electron chi connectivity index (χ2n) is 4.82. The minimum Gasteiger partial charge on any atom is -0.325 e. The molecule has 1 N–H and O–H groups in total. The van der Waals surface area contributed by atoms with E-state index < -0.39 is 0 Å². The topological polar surface area (TPSA) is 29.1 Å². The first-order valence-corrected chi connectivity index (χ1v) is 8.14. The first-order chi connectivity index (χ1) is 10.1. The zero-order chi connectivity index (χ0) is 15.2. The van der Waals surface area contributed by atoms with E-state index in [2.05, 4.69) is 5.32 Å². The highest BCUT2D eigenvalue weighted by atomic mass is 35.5. The van der Waals surface area contributed by atoms with Crippen molar-refractivity contribution in [3.05, 3.63) is 59.1 Å². The van der Waals surface area contributed by atoms with Crippen molar-refractivity contribution >= 4 is 35.0 Å². The smallest absolute Gasteiger partial charge is 0.237 e. The maximum Gasteiger partial charge on any atom is 0.237 e. The van der Waals surface area contributed by atoms with Gasteiger partial charge in [0.05, 0.1) is 5.25 Å². The zero-order valence-electron chi connectivity index (χ0n) is 12.1. The Morgan fingerprint density at radius 1 is 1.14 bits per heavy atom. The number of thioether (sulfide) groups is 1. The van der Waals surface area contributed by atoms with Crippen molar-refractivity contribution in [2.75, 3.05) is 5.32 Å². The summed E-state index contributed by atoms with van der Waals surface area (Å²) in [6.07, 6.45) is 0.769. The van der Waals surface area contributed by atoms with Gasteiger partial charge < -0.3 is 5.32 Å². The fraction of sp³-hybridized carbons (Fsp3) is 0.235. The second kappa shape index (κ2) is 7.53. The lowest BCUT2D eigenvalue weighted by Gasteiger charge is -2.15. The molecule has 2 aromatic rings. The van der Waals surface area contributed by atoms with Crippen molar-refractivity contribution in [2.24, 2.45) is 0 Å². The van der Waals surface area contributed by atoms with Gasteiger partial charge in [0.2, 0.25) is 5.91 Å². The summed E-state index contributed by atoms with van der Waals surface area (Å²) in [7, 11) is 0. The average Bonchev–Trinajstić information content (AvgIpc) is 2.49. The van der Waals surface area contributed by atoms with Crippen LogP contribution in [0.3, 0.4) is 0 Å². The molecule has 0 aliphatic carbocycles. The number of rotatable bonds is 5. The monoisotopic (exact) mass is 319 g/mol. The van der Waals surface area contributed by atoms with Crippen LogP contribution in [0.4, 0.5) is 5.69 Å². The van der Waals surface area contributed by atoms with Gasteiger partial charge in [-0.2, -0.15) is 0 Å². The van der Waals surface area contributed by atoms with Gasteiger partial charge in [-0.1, -0.05) is 36.2 Å². The molecule has 2 aromatic carbocycles. The average molecular weight is 320 g/mol. The number of aryl methyl sites for hydroxylation is 1. The summed E-state index contributed by atoms with van der Waals surface area (Å²) >= 11 is 7.43. The minimum absolute atomic E-state index is 0.0290. The Balaban J connectivity index is 2.01. The molecule has 0 saturated carbocycles. The van der Waals surface area contributed by atoms with Gasteiger partial charge in [-0.25, -0.2) is 0 Å². The van der Waals surface area contributed by atoms with E-state index in [0.717, 1.165) is 17.0 Å². The maximum atomic E-state index is 12.3. The third-order valence-corrected chi connectivity index (χ3v) is 4.70. The van der Waals surface area contributed by atoms with E-state index in [9.17, 15) is 4.79 Å². The SMILES string of the molecule is CC[C@H](Sc1ccc(Cl)cc1)C(=O)Nc1ccc(C)cc1. The number of carbonyl (C=O) groups is 1. The summed E-state index contributed by atoms with van der Waals surface area (Å²) in [5.74, 6) is 0.0290. The lowest BCUT2D eigenvalue weighted by Crippen LogP contribution is -2.24. The van der Waals surface area contributed by atoms with Crippen LogP contribution in [0.15, 0.2) is 53.4 Å². The van der Waals surface area contributed by atoms with Crippen LogP contribution in [0.1, 0.15) is 18.9 Å². The van der Waals surface area contributed by atoms with E-state index in [4.69, 9.17) is 11.6 Å². The van der Waals surface area contributed by atoms with Crippen molar-refractivity contribution < 1.29 is 4.79 Å². The summed E-state index contributed by atoms with van der Waals surface area (Å²) in [6, 6.07) is 15.4. The van der Waals surface area contributed by atoms with Gasteiger partial charge >= 0.3 is 0 Å². The highest BCUT2D eigenvalue weighted by Gasteiger charge is 2.17. The van der Waals surface area contributed by atoms with Crippen LogP contribution in [0.25, 0.3) is 0 Å². The molecule has 0 fully saturated rings. The second-order valence-corrected chi connectivity index (χ2v) is 6.54. The van der Waals surface area contributed by atoms with Crippen molar-refractivity contribution in [3.63, 3.8) is 0 Å².